The van der Waals surface area contributed by atoms with E-state index >= 15 is 0 Å². The van der Waals surface area contributed by atoms with Crippen LogP contribution in [0.1, 0.15) is 0 Å². The van der Waals surface area contributed by atoms with Gasteiger partial charge in [-0.3, -0.25) is 0 Å². The zero-order valence-electron chi connectivity index (χ0n) is 5.34. The molecule has 60 valence electrons. The molecule has 10 heavy (non-hydrogen) atoms. The Bertz CT molecular complexity index is 106. The minimum Gasteiger partial charge on any atom is -0.389 e. The SMILES string of the molecule is N[C@@H]1[C@@H](O)[C@@H](O)OC[C@@H]1O. The molecule has 0 aromatic rings. The van der Waals surface area contributed by atoms with Crippen molar-refractivity contribution < 1.29 is 20.1 Å². The number of aliphatic hydroxyl groups excluding tert-OH is 3. The van der Waals surface area contributed by atoms with E-state index in [1.165, 1.54) is 0 Å². The van der Waals surface area contributed by atoms with Crippen molar-refractivity contribution in [1.82, 2.24) is 0 Å². The van der Waals surface area contributed by atoms with Gasteiger partial charge in [0.2, 0.25) is 0 Å². The molecule has 1 heterocycles. The lowest BCUT2D eigenvalue weighted by atomic mass is 10.0. The van der Waals surface area contributed by atoms with E-state index in [1.54, 1.807) is 0 Å². The Morgan fingerprint density at radius 2 is 1.90 bits per heavy atom. The lowest BCUT2D eigenvalue weighted by Crippen LogP contribution is -2.57. The third-order valence-corrected chi connectivity index (χ3v) is 1.57. The van der Waals surface area contributed by atoms with Crippen LogP contribution in [0, 0.1) is 0 Å². The molecule has 4 atom stereocenters. The smallest absolute Gasteiger partial charge is 0.182 e. The largest absolute Gasteiger partial charge is 0.389 e. The maximum atomic E-state index is 8.96. The average Bonchev–Trinajstić information content (AvgIpc) is 1.93. The van der Waals surface area contributed by atoms with E-state index in [2.05, 4.69) is 4.74 Å². The summed E-state index contributed by atoms with van der Waals surface area (Å²) >= 11 is 0. The molecule has 0 radical (unpaired) electrons. The van der Waals surface area contributed by atoms with Crippen LogP contribution >= 0.6 is 0 Å². The first-order chi connectivity index (χ1) is 4.63. The van der Waals surface area contributed by atoms with Crippen LogP contribution < -0.4 is 5.73 Å². The highest BCUT2D eigenvalue weighted by Crippen LogP contribution is 2.10. The summed E-state index contributed by atoms with van der Waals surface area (Å²) in [5, 5.41) is 26.7. The molecule has 0 saturated carbocycles. The quantitative estimate of drug-likeness (QED) is 0.302. The predicted octanol–water partition coefficient (Wildman–Crippen LogP) is -2.62. The summed E-state index contributed by atoms with van der Waals surface area (Å²) < 4.78 is 4.55. The molecule has 0 aromatic heterocycles. The second kappa shape index (κ2) is 2.81. The number of rotatable bonds is 0. The third-order valence-electron chi connectivity index (χ3n) is 1.57. The van der Waals surface area contributed by atoms with Crippen molar-refractivity contribution in [2.45, 2.75) is 24.5 Å². The maximum absolute atomic E-state index is 8.96. The molecule has 5 heteroatoms. The van der Waals surface area contributed by atoms with E-state index in [1.807, 2.05) is 0 Å². The lowest BCUT2D eigenvalue weighted by Gasteiger charge is -2.32. The molecule has 5 N–H and O–H groups in total. The summed E-state index contributed by atoms with van der Waals surface area (Å²) in [6, 6.07) is -0.816. The first-order valence-corrected chi connectivity index (χ1v) is 3.04. The van der Waals surface area contributed by atoms with E-state index < -0.39 is 24.5 Å². The highest BCUT2D eigenvalue weighted by Gasteiger charge is 2.34. The molecule has 0 amide bonds. The Morgan fingerprint density at radius 1 is 1.30 bits per heavy atom. The second-order valence-electron chi connectivity index (χ2n) is 2.36. The molecule has 0 aliphatic carbocycles. The van der Waals surface area contributed by atoms with Crippen LogP contribution in [0.15, 0.2) is 0 Å². The zero-order valence-corrected chi connectivity index (χ0v) is 5.34. The van der Waals surface area contributed by atoms with Crippen molar-refractivity contribution in [1.29, 1.82) is 0 Å². The summed E-state index contributed by atoms with van der Waals surface area (Å²) in [5.74, 6) is 0. The number of hydrogen-bond donors (Lipinski definition) is 4. The van der Waals surface area contributed by atoms with Crippen molar-refractivity contribution in [3.8, 4) is 0 Å². The average molecular weight is 149 g/mol. The van der Waals surface area contributed by atoms with Crippen LogP contribution in [0.25, 0.3) is 0 Å². The fourth-order valence-corrected chi connectivity index (χ4v) is 0.825. The zero-order chi connectivity index (χ0) is 7.72. The molecule has 0 spiro atoms. The fourth-order valence-electron chi connectivity index (χ4n) is 0.825. The number of ether oxygens (including phenoxy) is 1. The van der Waals surface area contributed by atoms with Crippen molar-refractivity contribution in [3.63, 3.8) is 0 Å². The summed E-state index contributed by atoms with van der Waals surface area (Å²) in [6.07, 6.45) is -3.35. The summed E-state index contributed by atoms with van der Waals surface area (Å²) in [4.78, 5) is 0. The minimum atomic E-state index is -1.27. The molecular weight excluding hydrogens is 138 g/mol. The van der Waals surface area contributed by atoms with Crippen molar-refractivity contribution >= 4 is 0 Å². The van der Waals surface area contributed by atoms with E-state index in [0.29, 0.717) is 0 Å². The maximum Gasteiger partial charge on any atom is 0.182 e. The first kappa shape index (κ1) is 7.90. The Labute approximate surface area is 58.0 Å². The summed E-state index contributed by atoms with van der Waals surface area (Å²) in [6.45, 7) is -0.0284. The van der Waals surface area contributed by atoms with E-state index in [9.17, 15) is 0 Å². The molecule has 1 rings (SSSR count). The van der Waals surface area contributed by atoms with Gasteiger partial charge in [-0.05, 0) is 0 Å². The minimum absolute atomic E-state index is 0.0284. The summed E-state index contributed by atoms with van der Waals surface area (Å²) in [7, 11) is 0. The van der Waals surface area contributed by atoms with Crippen LogP contribution in [0.4, 0.5) is 0 Å². The highest BCUT2D eigenvalue weighted by molar-refractivity contribution is 4.84. The van der Waals surface area contributed by atoms with Gasteiger partial charge < -0.3 is 25.8 Å². The molecular formula is C5H11NO4. The third kappa shape index (κ3) is 1.28. The topological polar surface area (TPSA) is 95.9 Å². The van der Waals surface area contributed by atoms with Crippen LogP contribution in [0.2, 0.25) is 0 Å². The van der Waals surface area contributed by atoms with Gasteiger partial charge in [-0.2, -0.15) is 0 Å². The molecule has 5 nitrogen and oxygen atoms in total. The number of nitrogens with two attached hydrogens (primary N) is 1. The number of hydrogen-bond acceptors (Lipinski definition) is 5. The van der Waals surface area contributed by atoms with Gasteiger partial charge in [0.25, 0.3) is 0 Å². The van der Waals surface area contributed by atoms with E-state index in [4.69, 9.17) is 21.1 Å². The Morgan fingerprint density at radius 3 is 2.40 bits per heavy atom. The molecule has 1 fully saturated rings. The van der Waals surface area contributed by atoms with Gasteiger partial charge in [0, 0.05) is 0 Å². The van der Waals surface area contributed by atoms with Crippen LogP contribution in [0.5, 0.6) is 0 Å². The Balaban J connectivity index is 2.52. The van der Waals surface area contributed by atoms with Crippen molar-refractivity contribution in [2.24, 2.45) is 5.73 Å². The van der Waals surface area contributed by atoms with Gasteiger partial charge in [0.15, 0.2) is 6.29 Å². The van der Waals surface area contributed by atoms with Gasteiger partial charge in [-0.15, -0.1) is 0 Å². The standard InChI is InChI=1S/C5H11NO4/c6-3-2(7)1-10-5(9)4(3)8/h2-5,7-9H,1,6H2/t2-,3-,4+,5-/m0/s1. The van der Waals surface area contributed by atoms with Gasteiger partial charge in [-0.25, -0.2) is 0 Å². The van der Waals surface area contributed by atoms with Crippen molar-refractivity contribution in [3.05, 3.63) is 0 Å². The molecule has 1 aliphatic rings. The van der Waals surface area contributed by atoms with Crippen LogP contribution in [-0.4, -0.2) is 46.5 Å². The van der Waals surface area contributed by atoms with E-state index in [-0.39, 0.29) is 6.61 Å². The van der Waals surface area contributed by atoms with E-state index in [0.717, 1.165) is 0 Å². The van der Waals surface area contributed by atoms with Gasteiger partial charge in [0.05, 0.1) is 18.8 Å². The normalized spacial score (nSPS) is 49.2. The second-order valence-corrected chi connectivity index (χ2v) is 2.36. The Kier molecular flexibility index (Phi) is 2.22. The van der Waals surface area contributed by atoms with Gasteiger partial charge in [0.1, 0.15) is 6.10 Å². The van der Waals surface area contributed by atoms with Gasteiger partial charge in [-0.1, -0.05) is 0 Å². The van der Waals surface area contributed by atoms with Crippen LogP contribution in [-0.2, 0) is 4.74 Å². The summed E-state index contributed by atoms with van der Waals surface area (Å²) in [5.41, 5.74) is 5.27. The van der Waals surface area contributed by atoms with Gasteiger partial charge >= 0.3 is 0 Å². The van der Waals surface area contributed by atoms with Crippen LogP contribution in [0.3, 0.4) is 0 Å². The van der Waals surface area contributed by atoms with Crippen molar-refractivity contribution in [2.75, 3.05) is 6.61 Å². The monoisotopic (exact) mass is 149 g/mol. The number of aliphatic hydroxyl groups is 3. The molecule has 0 bridgehead atoms. The highest BCUT2D eigenvalue weighted by atomic mass is 16.6. The molecule has 0 unspecified atom stereocenters. The lowest BCUT2D eigenvalue weighted by molar-refractivity contribution is -0.219. The molecule has 1 aliphatic heterocycles. The predicted molar refractivity (Wildman–Crippen MR) is 31.9 cm³/mol. The molecule has 1 saturated heterocycles. The Hall–Kier alpha value is -0.200. The molecule has 0 aromatic carbocycles. The fraction of sp³-hybridized carbons (Fsp3) is 1.00. The first-order valence-electron chi connectivity index (χ1n) is 3.04.